The molecule has 0 aliphatic carbocycles. The first-order valence-corrected chi connectivity index (χ1v) is 5.16. The summed E-state index contributed by atoms with van der Waals surface area (Å²) < 4.78 is 5.66. The van der Waals surface area contributed by atoms with Crippen molar-refractivity contribution in [3.8, 4) is 0 Å². The van der Waals surface area contributed by atoms with Gasteiger partial charge in [0, 0.05) is 19.6 Å². The van der Waals surface area contributed by atoms with E-state index in [1.165, 1.54) is 5.57 Å². The Labute approximate surface area is 81.6 Å². The van der Waals surface area contributed by atoms with Crippen LogP contribution in [0.2, 0.25) is 0 Å². The molecule has 2 heteroatoms. The van der Waals surface area contributed by atoms with Gasteiger partial charge in [0.05, 0.1) is 12.2 Å². The summed E-state index contributed by atoms with van der Waals surface area (Å²) in [5.74, 6) is 0. The first-order valence-electron chi connectivity index (χ1n) is 5.16. The lowest BCUT2D eigenvalue weighted by Gasteiger charge is -2.35. The van der Waals surface area contributed by atoms with Crippen molar-refractivity contribution >= 4 is 0 Å². The second-order valence-electron chi connectivity index (χ2n) is 4.05. The third kappa shape index (κ3) is 3.49. The summed E-state index contributed by atoms with van der Waals surface area (Å²) in [6, 6.07) is 0. The van der Waals surface area contributed by atoms with Gasteiger partial charge >= 0.3 is 0 Å². The summed E-state index contributed by atoms with van der Waals surface area (Å²) in [7, 11) is 0. The van der Waals surface area contributed by atoms with E-state index in [0.717, 1.165) is 26.1 Å². The number of hydrogen-bond donors (Lipinski definition) is 0. The van der Waals surface area contributed by atoms with Crippen molar-refractivity contribution in [2.24, 2.45) is 0 Å². The van der Waals surface area contributed by atoms with E-state index in [2.05, 4.69) is 32.3 Å². The van der Waals surface area contributed by atoms with Crippen LogP contribution in [-0.4, -0.2) is 36.7 Å². The third-order valence-electron chi connectivity index (χ3n) is 2.44. The van der Waals surface area contributed by atoms with Crippen LogP contribution in [0.3, 0.4) is 0 Å². The van der Waals surface area contributed by atoms with Crippen molar-refractivity contribution < 1.29 is 4.74 Å². The molecule has 1 aliphatic heterocycles. The highest BCUT2D eigenvalue weighted by Gasteiger charge is 2.21. The Kier molecular flexibility index (Phi) is 3.94. The van der Waals surface area contributed by atoms with Crippen LogP contribution in [0.15, 0.2) is 12.2 Å². The molecule has 0 N–H and O–H groups in total. The van der Waals surface area contributed by atoms with Crippen LogP contribution in [0.4, 0.5) is 0 Å². The maximum atomic E-state index is 5.66. The molecule has 1 fully saturated rings. The number of rotatable bonds is 3. The second-order valence-corrected chi connectivity index (χ2v) is 4.05. The van der Waals surface area contributed by atoms with E-state index in [4.69, 9.17) is 4.74 Å². The van der Waals surface area contributed by atoms with Gasteiger partial charge < -0.3 is 4.74 Å². The predicted molar refractivity (Wildman–Crippen MR) is 55.9 cm³/mol. The zero-order chi connectivity index (χ0) is 9.84. The Morgan fingerprint density at radius 3 is 2.38 bits per heavy atom. The van der Waals surface area contributed by atoms with Crippen LogP contribution in [0.5, 0.6) is 0 Å². The lowest BCUT2D eigenvalue weighted by molar-refractivity contribution is -0.0653. The molecule has 1 heterocycles. The smallest absolute Gasteiger partial charge is 0.0678 e. The summed E-state index contributed by atoms with van der Waals surface area (Å²) in [4.78, 5) is 2.44. The molecule has 1 rings (SSSR count). The standard InChI is InChI=1S/C11H21NO/c1-5-9(2)6-12-7-10(3)13-11(4)8-12/h10-11H,2,5-8H2,1,3-4H3. The Hall–Kier alpha value is -0.340. The molecule has 13 heavy (non-hydrogen) atoms. The second kappa shape index (κ2) is 4.77. The van der Waals surface area contributed by atoms with Crippen molar-refractivity contribution in [3.63, 3.8) is 0 Å². The molecule has 2 nitrogen and oxygen atoms in total. The third-order valence-corrected chi connectivity index (χ3v) is 2.44. The lowest BCUT2D eigenvalue weighted by atomic mass is 10.2. The largest absolute Gasteiger partial charge is 0.373 e. The van der Waals surface area contributed by atoms with Crippen molar-refractivity contribution in [1.82, 2.24) is 4.90 Å². The minimum atomic E-state index is 0.369. The fourth-order valence-corrected chi connectivity index (χ4v) is 1.84. The molecule has 1 saturated heterocycles. The molecule has 0 aromatic carbocycles. The zero-order valence-corrected chi connectivity index (χ0v) is 9.05. The average molecular weight is 183 g/mol. The fourth-order valence-electron chi connectivity index (χ4n) is 1.84. The average Bonchev–Trinajstić information content (AvgIpc) is 2.02. The molecule has 0 aromatic rings. The van der Waals surface area contributed by atoms with Gasteiger partial charge in [-0.1, -0.05) is 19.1 Å². The van der Waals surface area contributed by atoms with Gasteiger partial charge in [0.15, 0.2) is 0 Å². The van der Waals surface area contributed by atoms with Gasteiger partial charge in [-0.15, -0.1) is 0 Å². The van der Waals surface area contributed by atoms with Gasteiger partial charge in [-0.2, -0.15) is 0 Å². The normalized spacial score (nSPS) is 30.4. The summed E-state index contributed by atoms with van der Waals surface area (Å²) >= 11 is 0. The Balaban J connectivity index is 2.37. The number of ether oxygens (including phenoxy) is 1. The van der Waals surface area contributed by atoms with Crippen molar-refractivity contribution in [2.75, 3.05) is 19.6 Å². The topological polar surface area (TPSA) is 12.5 Å². The Morgan fingerprint density at radius 2 is 1.92 bits per heavy atom. The van der Waals surface area contributed by atoms with Gasteiger partial charge in [0.25, 0.3) is 0 Å². The highest BCUT2D eigenvalue weighted by molar-refractivity contribution is 4.97. The number of nitrogens with zero attached hydrogens (tertiary/aromatic N) is 1. The van der Waals surface area contributed by atoms with Crippen LogP contribution < -0.4 is 0 Å². The molecule has 0 aromatic heterocycles. The molecule has 76 valence electrons. The first kappa shape index (κ1) is 10.7. The van der Waals surface area contributed by atoms with Crippen molar-refractivity contribution in [2.45, 2.75) is 39.4 Å². The van der Waals surface area contributed by atoms with E-state index in [0.29, 0.717) is 12.2 Å². The highest BCUT2D eigenvalue weighted by Crippen LogP contribution is 2.12. The minimum absolute atomic E-state index is 0.369. The van der Waals surface area contributed by atoms with Gasteiger partial charge in [-0.3, -0.25) is 4.90 Å². The maximum Gasteiger partial charge on any atom is 0.0678 e. The summed E-state index contributed by atoms with van der Waals surface area (Å²) in [5, 5.41) is 0. The van der Waals surface area contributed by atoms with E-state index >= 15 is 0 Å². The summed E-state index contributed by atoms with van der Waals surface area (Å²) in [5.41, 5.74) is 1.32. The zero-order valence-electron chi connectivity index (χ0n) is 9.05. The van der Waals surface area contributed by atoms with E-state index < -0.39 is 0 Å². The molecule has 0 radical (unpaired) electrons. The van der Waals surface area contributed by atoms with E-state index in [-0.39, 0.29) is 0 Å². The van der Waals surface area contributed by atoms with Crippen molar-refractivity contribution in [1.29, 1.82) is 0 Å². The summed E-state index contributed by atoms with van der Waals surface area (Å²) in [6.07, 6.45) is 1.82. The van der Waals surface area contributed by atoms with Crippen LogP contribution in [0.25, 0.3) is 0 Å². The summed E-state index contributed by atoms with van der Waals surface area (Å²) in [6.45, 7) is 13.6. The molecule has 0 amide bonds. The minimum Gasteiger partial charge on any atom is -0.373 e. The van der Waals surface area contributed by atoms with Gasteiger partial charge in [0.2, 0.25) is 0 Å². The fraction of sp³-hybridized carbons (Fsp3) is 0.818. The molecular formula is C11H21NO. The molecule has 0 spiro atoms. The Morgan fingerprint density at radius 1 is 1.38 bits per heavy atom. The lowest BCUT2D eigenvalue weighted by Crippen LogP contribution is -2.45. The molecule has 2 atom stereocenters. The van der Waals surface area contributed by atoms with Gasteiger partial charge in [-0.25, -0.2) is 0 Å². The maximum absolute atomic E-state index is 5.66. The molecule has 0 saturated carbocycles. The van der Waals surface area contributed by atoms with Crippen LogP contribution in [-0.2, 0) is 4.74 Å². The molecule has 2 unspecified atom stereocenters. The van der Waals surface area contributed by atoms with E-state index in [1.54, 1.807) is 0 Å². The van der Waals surface area contributed by atoms with E-state index in [1.807, 2.05) is 0 Å². The SMILES string of the molecule is C=C(CC)CN1CC(C)OC(C)C1. The number of morpholine rings is 1. The van der Waals surface area contributed by atoms with Gasteiger partial charge in [0.1, 0.15) is 0 Å². The van der Waals surface area contributed by atoms with E-state index in [9.17, 15) is 0 Å². The molecule has 0 bridgehead atoms. The molecular weight excluding hydrogens is 162 g/mol. The van der Waals surface area contributed by atoms with Crippen molar-refractivity contribution in [3.05, 3.63) is 12.2 Å². The van der Waals surface area contributed by atoms with Crippen LogP contribution >= 0.6 is 0 Å². The molecule has 1 aliphatic rings. The van der Waals surface area contributed by atoms with Crippen LogP contribution in [0, 0.1) is 0 Å². The highest BCUT2D eigenvalue weighted by atomic mass is 16.5. The quantitative estimate of drug-likeness (QED) is 0.621. The van der Waals surface area contributed by atoms with Gasteiger partial charge in [-0.05, 0) is 20.3 Å². The Bertz CT molecular complexity index is 169. The van der Waals surface area contributed by atoms with Crippen LogP contribution in [0.1, 0.15) is 27.2 Å². The number of hydrogen-bond acceptors (Lipinski definition) is 2. The predicted octanol–water partition coefficient (Wildman–Crippen LogP) is 2.06. The monoisotopic (exact) mass is 183 g/mol. The first-order chi connectivity index (χ1) is 6.11.